The van der Waals surface area contributed by atoms with Crippen molar-refractivity contribution < 1.29 is 9.59 Å². The zero-order chi connectivity index (χ0) is 23.1. The number of nitrogens with zero attached hydrogens (tertiary/aromatic N) is 3. The Morgan fingerprint density at radius 1 is 1.09 bits per heavy atom. The molecule has 0 aliphatic heterocycles. The Morgan fingerprint density at radius 3 is 2.64 bits per heavy atom. The van der Waals surface area contributed by atoms with Gasteiger partial charge in [-0.25, -0.2) is 4.98 Å². The van der Waals surface area contributed by atoms with E-state index in [0.717, 1.165) is 16.8 Å². The van der Waals surface area contributed by atoms with Crippen LogP contribution in [0, 0.1) is 13.8 Å². The summed E-state index contributed by atoms with van der Waals surface area (Å²) in [6.07, 6.45) is 0. The van der Waals surface area contributed by atoms with Gasteiger partial charge in [-0.2, -0.15) is 9.78 Å². The van der Waals surface area contributed by atoms with Crippen LogP contribution in [-0.2, 0) is 4.79 Å². The van der Waals surface area contributed by atoms with Crippen molar-refractivity contribution in [3.8, 4) is 16.4 Å². The maximum atomic E-state index is 13.0. The summed E-state index contributed by atoms with van der Waals surface area (Å²) in [5.41, 5.74) is 4.19. The number of fused-ring (bicyclic) bond motifs is 1. The van der Waals surface area contributed by atoms with Crippen LogP contribution >= 0.6 is 22.9 Å². The molecule has 2 aromatic carbocycles. The van der Waals surface area contributed by atoms with Crippen LogP contribution in [0.25, 0.3) is 27.3 Å². The van der Waals surface area contributed by atoms with E-state index in [-0.39, 0.29) is 0 Å². The van der Waals surface area contributed by atoms with E-state index in [9.17, 15) is 9.59 Å². The fourth-order valence-electron chi connectivity index (χ4n) is 3.70. The molecule has 0 aliphatic rings. The summed E-state index contributed by atoms with van der Waals surface area (Å²) in [4.78, 5) is 33.7. The normalized spacial score (nSPS) is 11.1. The van der Waals surface area contributed by atoms with E-state index in [1.807, 2.05) is 48.7 Å². The lowest BCUT2D eigenvalue weighted by Gasteiger charge is -2.06. The van der Waals surface area contributed by atoms with Crippen molar-refractivity contribution in [1.82, 2.24) is 19.7 Å². The minimum absolute atomic E-state index is 0.366. The number of hydrogen-bond acceptors (Lipinski definition) is 5. The molecule has 5 rings (SSSR count). The molecule has 1 amide bonds. The molecule has 7 nitrogen and oxygen atoms in total. The summed E-state index contributed by atoms with van der Waals surface area (Å²) in [7, 11) is 0. The number of anilines is 1. The third-order valence-electron chi connectivity index (χ3n) is 5.21. The van der Waals surface area contributed by atoms with Gasteiger partial charge in [0.05, 0.1) is 17.0 Å². The number of aromatic amines is 1. The van der Waals surface area contributed by atoms with Crippen LogP contribution in [0.3, 0.4) is 0 Å². The van der Waals surface area contributed by atoms with E-state index < -0.39 is 11.7 Å². The van der Waals surface area contributed by atoms with Crippen LogP contribution in [0.15, 0.2) is 60.0 Å². The first-order valence-corrected chi connectivity index (χ1v) is 11.4. The number of rotatable bonds is 5. The summed E-state index contributed by atoms with van der Waals surface area (Å²) in [5.74, 6) is -0.977. The van der Waals surface area contributed by atoms with Gasteiger partial charge in [0.2, 0.25) is 5.13 Å². The van der Waals surface area contributed by atoms with Crippen LogP contribution in [0.4, 0.5) is 5.82 Å². The number of aromatic nitrogens is 4. The van der Waals surface area contributed by atoms with E-state index in [2.05, 4.69) is 20.4 Å². The number of carbonyl (C=O) groups is 2. The van der Waals surface area contributed by atoms with E-state index in [0.29, 0.717) is 38.3 Å². The third kappa shape index (κ3) is 3.94. The highest BCUT2D eigenvalue weighted by Gasteiger charge is 2.24. The number of ketones is 1. The molecule has 0 spiro atoms. The van der Waals surface area contributed by atoms with Gasteiger partial charge >= 0.3 is 0 Å². The van der Waals surface area contributed by atoms with E-state index >= 15 is 0 Å². The number of hydrogen-bond donors (Lipinski definition) is 2. The number of aryl methyl sites for hydroxylation is 2. The van der Waals surface area contributed by atoms with Crippen molar-refractivity contribution in [1.29, 1.82) is 0 Å². The molecule has 0 atom stereocenters. The maximum Gasteiger partial charge on any atom is 0.298 e. The summed E-state index contributed by atoms with van der Waals surface area (Å²) >= 11 is 7.36. The highest BCUT2D eigenvalue weighted by Crippen LogP contribution is 2.28. The largest absolute Gasteiger partial charge is 0.358 e. The van der Waals surface area contributed by atoms with E-state index in [4.69, 9.17) is 11.6 Å². The average Bonchev–Trinajstić information content (AvgIpc) is 3.50. The lowest BCUT2D eigenvalue weighted by molar-refractivity contribution is -0.112. The Morgan fingerprint density at radius 2 is 1.85 bits per heavy atom. The van der Waals surface area contributed by atoms with Gasteiger partial charge in [-0.05, 0) is 32.0 Å². The lowest BCUT2D eigenvalue weighted by Crippen LogP contribution is -2.24. The average molecular weight is 476 g/mol. The second-order valence-corrected chi connectivity index (χ2v) is 8.83. The highest BCUT2D eigenvalue weighted by molar-refractivity contribution is 7.12. The minimum Gasteiger partial charge on any atom is -0.358 e. The molecule has 0 unspecified atom stereocenters. The van der Waals surface area contributed by atoms with E-state index in [1.165, 1.54) is 16.0 Å². The highest BCUT2D eigenvalue weighted by atomic mass is 35.5. The molecule has 0 aliphatic carbocycles. The number of nitrogens with one attached hydrogen (secondary N) is 2. The molecule has 0 saturated heterocycles. The van der Waals surface area contributed by atoms with Crippen molar-refractivity contribution in [3.63, 3.8) is 0 Å². The number of thiazole rings is 1. The first kappa shape index (κ1) is 21.1. The molecule has 2 N–H and O–H groups in total. The molecule has 0 radical (unpaired) electrons. The van der Waals surface area contributed by atoms with Gasteiger partial charge < -0.3 is 10.3 Å². The van der Waals surface area contributed by atoms with Crippen molar-refractivity contribution >= 4 is 51.3 Å². The van der Waals surface area contributed by atoms with Gasteiger partial charge in [0, 0.05) is 38.6 Å². The van der Waals surface area contributed by atoms with Gasteiger partial charge in [-0.15, -0.1) is 11.3 Å². The smallest absolute Gasteiger partial charge is 0.298 e. The number of Topliss-reactive ketones (excluding diaryl/α,β-unsaturated/α-hetero) is 1. The van der Waals surface area contributed by atoms with Crippen LogP contribution in [-0.4, -0.2) is 31.4 Å². The Bertz CT molecular complexity index is 1510. The quantitative estimate of drug-likeness (QED) is 0.257. The molecule has 9 heteroatoms. The van der Waals surface area contributed by atoms with Crippen molar-refractivity contribution in [2.45, 2.75) is 13.8 Å². The molecular formula is C24H18ClN5O2S. The number of halogens is 1. The summed E-state index contributed by atoms with van der Waals surface area (Å²) in [6.45, 7) is 3.59. The lowest BCUT2D eigenvalue weighted by atomic mass is 10.1. The molecule has 3 aromatic heterocycles. The standard InChI is InChI=1S/C24H18ClN5O2S/c1-13-11-20(28-23(32)22(31)21-14(2)26-18-6-4-3-5-17(18)21)30(29-13)24-27-19(12-33-24)15-7-9-16(25)10-8-15/h3-12,26H,1-2H3,(H,28,32). The molecule has 0 fully saturated rings. The third-order valence-corrected chi connectivity index (χ3v) is 6.28. The second-order valence-electron chi connectivity index (χ2n) is 7.56. The minimum atomic E-state index is -0.738. The second kappa shape index (κ2) is 8.31. The number of amides is 1. The molecular weight excluding hydrogens is 458 g/mol. The fourth-order valence-corrected chi connectivity index (χ4v) is 4.63. The zero-order valence-corrected chi connectivity index (χ0v) is 19.3. The molecule has 0 bridgehead atoms. The topological polar surface area (TPSA) is 92.7 Å². The van der Waals surface area contributed by atoms with Crippen molar-refractivity contribution in [2.75, 3.05) is 5.32 Å². The zero-order valence-electron chi connectivity index (χ0n) is 17.7. The SMILES string of the molecule is Cc1cc(NC(=O)C(=O)c2c(C)[nH]c3ccccc23)n(-c2nc(-c3ccc(Cl)cc3)cs2)n1. The van der Waals surface area contributed by atoms with Gasteiger partial charge in [-0.1, -0.05) is 41.9 Å². The maximum absolute atomic E-state index is 13.0. The first-order valence-electron chi connectivity index (χ1n) is 10.1. The molecule has 33 heavy (non-hydrogen) atoms. The number of carbonyl (C=O) groups excluding carboxylic acids is 2. The fraction of sp³-hybridized carbons (Fsp3) is 0.0833. The predicted molar refractivity (Wildman–Crippen MR) is 130 cm³/mol. The Labute approximate surface area is 198 Å². The van der Waals surface area contributed by atoms with Crippen LogP contribution in [0.1, 0.15) is 21.7 Å². The first-order chi connectivity index (χ1) is 15.9. The summed E-state index contributed by atoms with van der Waals surface area (Å²) in [5, 5.41) is 11.0. The van der Waals surface area contributed by atoms with Crippen molar-refractivity contribution in [3.05, 3.63) is 82.0 Å². The van der Waals surface area contributed by atoms with Gasteiger partial charge in [0.1, 0.15) is 5.82 Å². The monoisotopic (exact) mass is 475 g/mol. The molecule has 5 aromatic rings. The number of para-hydroxylation sites is 1. The Balaban J connectivity index is 1.44. The van der Waals surface area contributed by atoms with Crippen LogP contribution < -0.4 is 5.32 Å². The van der Waals surface area contributed by atoms with E-state index in [1.54, 1.807) is 25.1 Å². The number of H-pyrrole nitrogens is 1. The summed E-state index contributed by atoms with van der Waals surface area (Å²) in [6, 6.07) is 16.5. The summed E-state index contributed by atoms with van der Waals surface area (Å²) < 4.78 is 1.53. The molecule has 0 saturated carbocycles. The molecule has 164 valence electrons. The van der Waals surface area contributed by atoms with Gasteiger partial charge in [0.25, 0.3) is 11.7 Å². The van der Waals surface area contributed by atoms with Crippen LogP contribution in [0.2, 0.25) is 5.02 Å². The van der Waals surface area contributed by atoms with Crippen molar-refractivity contribution in [2.24, 2.45) is 0 Å². The van der Waals surface area contributed by atoms with Gasteiger partial charge in [0.15, 0.2) is 0 Å². The number of benzene rings is 2. The van der Waals surface area contributed by atoms with Gasteiger partial charge in [-0.3, -0.25) is 9.59 Å². The Hall–Kier alpha value is -3.75. The molecule has 3 heterocycles. The Kier molecular flexibility index (Phi) is 5.32. The predicted octanol–water partition coefficient (Wildman–Crippen LogP) is 5.57. The van der Waals surface area contributed by atoms with Crippen LogP contribution in [0.5, 0.6) is 0 Å².